The number of aromatic nitrogens is 4. The Morgan fingerprint density at radius 2 is 2.50 bits per heavy atom. The first-order chi connectivity index (χ1) is 5.90. The summed E-state index contributed by atoms with van der Waals surface area (Å²) < 4.78 is 0. The highest BCUT2D eigenvalue weighted by Gasteiger charge is 2.01. The molecule has 2 aromatic rings. The molecule has 0 saturated heterocycles. The molecule has 0 spiro atoms. The third-order valence-corrected chi connectivity index (χ3v) is 1.49. The Morgan fingerprint density at radius 3 is 3.25 bits per heavy atom. The van der Waals surface area contributed by atoms with Crippen molar-refractivity contribution in [1.82, 2.24) is 19.9 Å². The van der Waals surface area contributed by atoms with Crippen LogP contribution >= 0.6 is 0 Å². The first-order valence-electron chi connectivity index (χ1n) is 3.48. The molecule has 0 fully saturated rings. The molecule has 1 N–H and O–H groups in total. The zero-order valence-corrected chi connectivity index (χ0v) is 6.19. The largest absolute Gasteiger partial charge is 0.339 e. The van der Waals surface area contributed by atoms with Crippen LogP contribution in [0.25, 0.3) is 11.2 Å². The Morgan fingerprint density at radius 1 is 1.58 bits per heavy atom. The Labute approximate surface area is 67.9 Å². The maximum absolute atomic E-state index is 10.2. The zero-order valence-electron chi connectivity index (χ0n) is 6.19. The standard InChI is InChI=1S/C7H6N4O/c12-2-1-6-10-5-3-8-4-9-7(5)11-6/h2-4H,1H2,(H,8,9,10,11). The number of H-pyrrole nitrogens is 1. The Bertz CT molecular complexity index is 375. The highest BCUT2D eigenvalue weighted by Crippen LogP contribution is 2.04. The van der Waals surface area contributed by atoms with Crippen LogP contribution < -0.4 is 0 Å². The average molecular weight is 162 g/mol. The molecule has 60 valence electrons. The number of hydrogen-bond donors (Lipinski definition) is 1. The normalized spacial score (nSPS) is 10.3. The molecule has 0 saturated carbocycles. The Hall–Kier alpha value is -1.78. The number of hydrogen-bond acceptors (Lipinski definition) is 4. The number of aromatic amines is 1. The number of nitrogens with zero attached hydrogens (tertiary/aromatic N) is 3. The lowest BCUT2D eigenvalue weighted by atomic mass is 10.5. The molecule has 2 heterocycles. The molecule has 2 aromatic heterocycles. The predicted molar refractivity (Wildman–Crippen MR) is 41.5 cm³/mol. The summed E-state index contributed by atoms with van der Waals surface area (Å²) in [7, 11) is 0. The predicted octanol–water partition coefficient (Wildman–Crippen LogP) is 0.0943. The summed E-state index contributed by atoms with van der Waals surface area (Å²) in [5, 5.41) is 0. The van der Waals surface area contributed by atoms with Crippen molar-refractivity contribution in [3.63, 3.8) is 0 Å². The molecule has 5 heteroatoms. The van der Waals surface area contributed by atoms with Gasteiger partial charge in [-0.25, -0.2) is 15.0 Å². The van der Waals surface area contributed by atoms with Gasteiger partial charge in [-0.1, -0.05) is 0 Å². The van der Waals surface area contributed by atoms with Crippen molar-refractivity contribution in [1.29, 1.82) is 0 Å². The van der Waals surface area contributed by atoms with Crippen LogP contribution in [0.3, 0.4) is 0 Å². The highest BCUT2D eigenvalue weighted by atomic mass is 16.1. The number of carbonyl (C=O) groups is 1. The second-order valence-corrected chi connectivity index (χ2v) is 2.31. The number of fused-ring (bicyclic) bond motifs is 1. The lowest BCUT2D eigenvalue weighted by Gasteiger charge is -1.81. The molecule has 0 aromatic carbocycles. The fourth-order valence-corrected chi connectivity index (χ4v) is 0.987. The van der Waals surface area contributed by atoms with Crippen molar-refractivity contribution in [2.75, 3.05) is 0 Å². The summed E-state index contributed by atoms with van der Waals surface area (Å²) in [4.78, 5) is 24.9. The van der Waals surface area contributed by atoms with E-state index in [9.17, 15) is 4.79 Å². The van der Waals surface area contributed by atoms with Crippen LogP contribution in [0.2, 0.25) is 0 Å². The van der Waals surface area contributed by atoms with Gasteiger partial charge in [0.1, 0.15) is 24.0 Å². The molecule has 12 heavy (non-hydrogen) atoms. The van der Waals surface area contributed by atoms with E-state index in [1.807, 2.05) is 0 Å². The minimum atomic E-state index is 0.288. The molecule has 0 bridgehead atoms. The van der Waals surface area contributed by atoms with Gasteiger partial charge in [0.25, 0.3) is 0 Å². The van der Waals surface area contributed by atoms with Crippen LogP contribution in [-0.2, 0) is 11.2 Å². The van der Waals surface area contributed by atoms with E-state index in [4.69, 9.17) is 0 Å². The monoisotopic (exact) mass is 162 g/mol. The second-order valence-electron chi connectivity index (χ2n) is 2.31. The van der Waals surface area contributed by atoms with Crippen molar-refractivity contribution in [2.45, 2.75) is 6.42 Å². The summed E-state index contributed by atoms with van der Waals surface area (Å²) in [5.41, 5.74) is 1.36. The number of imidazole rings is 1. The highest BCUT2D eigenvalue weighted by molar-refractivity contribution is 5.69. The van der Waals surface area contributed by atoms with Gasteiger partial charge in [0, 0.05) is 0 Å². The van der Waals surface area contributed by atoms with E-state index in [1.54, 1.807) is 6.20 Å². The van der Waals surface area contributed by atoms with Crippen LogP contribution in [0.15, 0.2) is 12.5 Å². The molecule has 5 nitrogen and oxygen atoms in total. The van der Waals surface area contributed by atoms with Gasteiger partial charge in [-0.2, -0.15) is 0 Å². The van der Waals surface area contributed by atoms with Crippen molar-refractivity contribution in [3.8, 4) is 0 Å². The van der Waals surface area contributed by atoms with Gasteiger partial charge in [0.15, 0.2) is 5.65 Å². The molecule has 0 aliphatic heterocycles. The molecule has 0 atom stereocenters. The van der Waals surface area contributed by atoms with Gasteiger partial charge in [0.2, 0.25) is 0 Å². The number of carbonyl (C=O) groups excluding carboxylic acids is 1. The van der Waals surface area contributed by atoms with E-state index >= 15 is 0 Å². The summed E-state index contributed by atoms with van der Waals surface area (Å²) in [6.45, 7) is 0. The molecule has 0 unspecified atom stereocenters. The van der Waals surface area contributed by atoms with E-state index in [-0.39, 0.29) is 6.42 Å². The van der Waals surface area contributed by atoms with Gasteiger partial charge in [-0.3, -0.25) is 0 Å². The van der Waals surface area contributed by atoms with Crippen molar-refractivity contribution >= 4 is 17.5 Å². The Balaban J connectivity index is 2.54. The molecular weight excluding hydrogens is 156 g/mol. The van der Waals surface area contributed by atoms with Gasteiger partial charge in [0.05, 0.1) is 12.6 Å². The molecule has 2 rings (SSSR count). The van der Waals surface area contributed by atoms with Crippen LogP contribution in [0, 0.1) is 0 Å². The van der Waals surface area contributed by atoms with E-state index in [0.717, 1.165) is 11.8 Å². The van der Waals surface area contributed by atoms with E-state index in [2.05, 4.69) is 19.9 Å². The summed E-state index contributed by atoms with van der Waals surface area (Å²) >= 11 is 0. The topological polar surface area (TPSA) is 71.5 Å². The quantitative estimate of drug-likeness (QED) is 0.635. The average Bonchev–Trinajstić information content (AvgIpc) is 2.47. The molecule has 0 aliphatic rings. The first-order valence-corrected chi connectivity index (χ1v) is 3.48. The van der Waals surface area contributed by atoms with Gasteiger partial charge >= 0.3 is 0 Å². The summed E-state index contributed by atoms with van der Waals surface area (Å²) in [6.07, 6.45) is 4.14. The lowest BCUT2D eigenvalue weighted by Crippen LogP contribution is -1.87. The fraction of sp³-hybridized carbons (Fsp3) is 0.143. The van der Waals surface area contributed by atoms with Gasteiger partial charge in [-0.15, -0.1) is 0 Å². The maximum Gasteiger partial charge on any atom is 0.180 e. The van der Waals surface area contributed by atoms with Crippen LogP contribution in [-0.4, -0.2) is 26.2 Å². The minimum Gasteiger partial charge on any atom is -0.339 e. The van der Waals surface area contributed by atoms with Crippen molar-refractivity contribution in [2.24, 2.45) is 0 Å². The molecule has 0 radical (unpaired) electrons. The van der Waals surface area contributed by atoms with Crippen molar-refractivity contribution < 1.29 is 4.79 Å². The van der Waals surface area contributed by atoms with Gasteiger partial charge in [-0.05, 0) is 0 Å². The van der Waals surface area contributed by atoms with Crippen molar-refractivity contribution in [3.05, 3.63) is 18.3 Å². The van der Waals surface area contributed by atoms with Crippen LogP contribution in [0.4, 0.5) is 0 Å². The molecule has 0 aliphatic carbocycles. The Kier molecular flexibility index (Phi) is 1.55. The SMILES string of the molecule is O=CCc1nc2ncncc2[nH]1. The smallest absolute Gasteiger partial charge is 0.180 e. The third-order valence-electron chi connectivity index (χ3n) is 1.49. The van der Waals surface area contributed by atoms with Gasteiger partial charge < -0.3 is 9.78 Å². The lowest BCUT2D eigenvalue weighted by molar-refractivity contribution is -0.107. The fourth-order valence-electron chi connectivity index (χ4n) is 0.987. The maximum atomic E-state index is 10.2. The molecular formula is C7H6N4O. The minimum absolute atomic E-state index is 0.288. The number of rotatable bonds is 2. The van der Waals surface area contributed by atoms with Crippen LogP contribution in [0.5, 0.6) is 0 Å². The summed E-state index contributed by atoms with van der Waals surface area (Å²) in [5.74, 6) is 0.625. The summed E-state index contributed by atoms with van der Waals surface area (Å²) in [6, 6.07) is 0. The second kappa shape index (κ2) is 2.69. The molecule has 0 amide bonds. The number of nitrogens with one attached hydrogen (secondary N) is 1. The number of aldehydes is 1. The van der Waals surface area contributed by atoms with E-state index < -0.39 is 0 Å². The van der Waals surface area contributed by atoms with E-state index in [1.165, 1.54) is 6.33 Å². The van der Waals surface area contributed by atoms with Crippen LogP contribution in [0.1, 0.15) is 5.82 Å². The first kappa shape index (κ1) is 6.90. The van der Waals surface area contributed by atoms with E-state index in [0.29, 0.717) is 11.5 Å². The zero-order chi connectivity index (χ0) is 8.39. The third kappa shape index (κ3) is 1.05.